The molecule has 0 aliphatic carbocycles. The molecule has 5 aromatic carbocycles. The van der Waals surface area contributed by atoms with Crippen molar-refractivity contribution in [2.45, 2.75) is 42.8 Å². The lowest BCUT2D eigenvalue weighted by molar-refractivity contribution is -0.432. The van der Waals surface area contributed by atoms with E-state index in [2.05, 4.69) is 9.37 Å². The highest BCUT2D eigenvalue weighted by Gasteiger charge is 2.34. The predicted octanol–water partition coefficient (Wildman–Crippen LogP) is 8.74. The first kappa shape index (κ1) is 32.7. The zero-order valence-corrected chi connectivity index (χ0v) is 26.3. The van der Waals surface area contributed by atoms with Gasteiger partial charge in [-0.05, 0) is 54.3 Å². The molecule has 0 fully saturated rings. The molecular weight excluding hydrogens is 600 g/mol. The van der Waals surface area contributed by atoms with Gasteiger partial charge < -0.3 is 9.47 Å². The van der Waals surface area contributed by atoms with Crippen LogP contribution in [0.5, 0.6) is 0 Å². The number of hydrogen-bond donors (Lipinski definition) is 1. The molecule has 234 valence electrons. The van der Waals surface area contributed by atoms with Gasteiger partial charge in [-0.2, -0.15) is 0 Å². The van der Waals surface area contributed by atoms with Crippen molar-refractivity contribution in [3.05, 3.63) is 173 Å². The summed E-state index contributed by atoms with van der Waals surface area (Å²) in [4.78, 5) is 28.0. The Morgan fingerprint density at radius 1 is 0.587 bits per heavy atom. The van der Waals surface area contributed by atoms with Gasteiger partial charge in [-0.15, -0.1) is 4.33 Å². The summed E-state index contributed by atoms with van der Waals surface area (Å²) in [7, 11) is 0. The van der Waals surface area contributed by atoms with Gasteiger partial charge in [-0.3, -0.25) is 0 Å². The second-order valence-electron chi connectivity index (χ2n) is 11.3. The molecule has 2 unspecified atom stereocenters. The minimum absolute atomic E-state index is 0.0955. The number of carbonyl (C=O) groups excluding carboxylic acids is 2. The van der Waals surface area contributed by atoms with E-state index < -0.39 is 23.1 Å². The third kappa shape index (κ3) is 8.29. The van der Waals surface area contributed by atoms with Crippen LogP contribution < -0.4 is 0 Å². The fraction of sp³-hybridized carbons (Fsp3) is 0.158. The minimum atomic E-state index is -1.03. The summed E-state index contributed by atoms with van der Waals surface area (Å²) in [6.45, 7) is 3.72. The van der Waals surface area contributed by atoms with Crippen LogP contribution >= 0.6 is 12.0 Å². The maximum absolute atomic E-state index is 13.9. The Bertz CT molecular complexity index is 1610. The summed E-state index contributed by atoms with van der Waals surface area (Å²) < 4.78 is 17.1. The van der Waals surface area contributed by atoms with Gasteiger partial charge in [-0.1, -0.05) is 126 Å². The van der Waals surface area contributed by atoms with Gasteiger partial charge in [0.25, 0.3) is 0 Å². The first-order chi connectivity index (χ1) is 22.3. The number of ether oxygens (including phenoxy) is 2. The van der Waals surface area contributed by atoms with Gasteiger partial charge in [-0.25, -0.2) is 14.8 Å². The Morgan fingerprint density at radius 3 is 1.33 bits per heavy atom. The third-order valence-corrected chi connectivity index (χ3v) is 8.27. The van der Waals surface area contributed by atoms with Crippen LogP contribution in [0.3, 0.4) is 0 Å². The largest absolute Gasteiger partial charge is 0.451 e. The normalized spacial score (nSPS) is 13.6. The van der Waals surface area contributed by atoms with Gasteiger partial charge >= 0.3 is 11.9 Å². The van der Waals surface area contributed by atoms with Crippen LogP contribution in [0, 0.1) is 0 Å². The molecule has 0 aromatic heterocycles. The van der Waals surface area contributed by atoms with E-state index in [1.165, 1.54) is 18.2 Å². The fourth-order valence-corrected chi connectivity index (χ4v) is 5.87. The van der Waals surface area contributed by atoms with Crippen molar-refractivity contribution in [1.82, 2.24) is 0 Å². The first-order valence-corrected chi connectivity index (χ1v) is 15.5. The average Bonchev–Trinajstić information content (AvgIpc) is 3.08. The number of carbonyl (C=O) groups is 2. The molecular formula is C38H34O7S. The summed E-state index contributed by atoms with van der Waals surface area (Å²) in [5.41, 5.74) is 1.73. The first-order valence-electron chi connectivity index (χ1n) is 14.7. The van der Waals surface area contributed by atoms with E-state index in [0.29, 0.717) is 29.8 Å². The maximum atomic E-state index is 13.9. The average molecular weight is 635 g/mol. The molecule has 5 rings (SSSR count). The lowest BCUT2D eigenvalue weighted by Crippen LogP contribution is -2.32. The molecule has 0 radical (unpaired) electrons. The second-order valence-corrected chi connectivity index (χ2v) is 12.0. The highest BCUT2D eigenvalue weighted by molar-refractivity contribution is 7.94. The van der Waals surface area contributed by atoms with Crippen molar-refractivity contribution in [2.75, 3.05) is 0 Å². The number of hydrogen-bond acceptors (Lipinski definition) is 8. The van der Waals surface area contributed by atoms with Gasteiger partial charge in [0.1, 0.15) is 11.2 Å². The molecule has 0 aliphatic heterocycles. The van der Waals surface area contributed by atoms with Crippen LogP contribution in [-0.2, 0) is 42.9 Å². The summed E-state index contributed by atoms with van der Waals surface area (Å²) in [6.07, 6.45) is 0.840. The summed E-state index contributed by atoms with van der Waals surface area (Å²) in [5.74, 6) is -1.31. The van der Waals surface area contributed by atoms with Crippen molar-refractivity contribution in [3.63, 3.8) is 0 Å². The number of rotatable bonds is 13. The van der Waals surface area contributed by atoms with Crippen molar-refractivity contribution in [3.8, 4) is 0 Å². The monoisotopic (exact) mass is 634 g/mol. The van der Waals surface area contributed by atoms with Crippen LogP contribution in [0.25, 0.3) is 0 Å². The van der Waals surface area contributed by atoms with Crippen LogP contribution in [0.1, 0.15) is 56.8 Å². The maximum Gasteiger partial charge on any atom is 0.339 e. The summed E-state index contributed by atoms with van der Waals surface area (Å²) >= 11 is 0.630. The number of benzene rings is 5. The van der Waals surface area contributed by atoms with Crippen molar-refractivity contribution >= 4 is 24.0 Å². The van der Waals surface area contributed by atoms with Crippen LogP contribution in [-0.4, -0.2) is 17.2 Å². The highest BCUT2D eigenvalue weighted by Crippen LogP contribution is 2.34. The van der Waals surface area contributed by atoms with E-state index in [0.717, 1.165) is 22.3 Å². The van der Waals surface area contributed by atoms with Gasteiger partial charge in [0.05, 0.1) is 23.2 Å². The SMILES string of the molecule is CC(Cc1ccccc1)(OC(=O)c1cc(SOOO)cc(C(=O)OC(C)(Cc2ccccc2)c2ccccc2)c1)c1ccccc1. The van der Waals surface area contributed by atoms with Crippen molar-refractivity contribution < 1.29 is 33.7 Å². The Hall–Kier alpha value is -4.73. The van der Waals surface area contributed by atoms with Crippen LogP contribution in [0.4, 0.5) is 0 Å². The zero-order valence-electron chi connectivity index (χ0n) is 25.5. The summed E-state index contributed by atoms with van der Waals surface area (Å²) in [6, 6.07) is 43.0. The Balaban J connectivity index is 1.47. The second kappa shape index (κ2) is 15.0. The number of esters is 2. The molecule has 5 aromatic rings. The van der Waals surface area contributed by atoms with Gasteiger partial charge in [0, 0.05) is 17.7 Å². The van der Waals surface area contributed by atoms with E-state index in [9.17, 15) is 9.59 Å². The molecule has 1 N–H and O–H groups in total. The third-order valence-electron chi connectivity index (χ3n) is 7.71. The lowest BCUT2D eigenvalue weighted by atomic mass is 9.88. The molecule has 7 nitrogen and oxygen atoms in total. The Morgan fingerprint density at radius 2 is 0.957 bits per heavy atom. The van der Waals surface area contributed by atoms with Crippen LogP contribution in [0.2, 0.25) is 0 Å². The molecule has 0 aliphatic rings. The Labute approximate surface area is 272 Å². The zero-order chi connectivity index (χ0) is 32.4. The molecule has 0 bridgehead atoms. The van der Waals surface area contributed by atoms with E-state index in [1.54, 1.807) is 0 Å². The summed E-state index contributed by atoms with van der Waals surface area (Å²) in [5, 5.41) is 12.6. The van der Waals surface area contributed by atoms with Gasteiger partial charge in [0.15, 0.2) is 0 Å². The highest BCUT2D eigenvalue weighted by atomic mass is 32.2. The molecule has 8 heteroatoms. The molecule has 46 heavy (non-hydrogen) atoms. The van der Waals surface area contributed by atoms with E-state index in [1.807, 2.05) is 135 Å². The predicted molar refractivity (Wildman–Crippen MR) is 176 cm³/mol. The van der Waals surface area contributed by atoms with E-state index >= 15 is 0 Å². The van der Waals surface area contributed by atoms with E-state index in [-0.39, 0.29) is 11.1 Å². The lowest BCUT2D eigenvalue weighted by Gasteiger charge is -2.31. The molecule has 0 saturated heterocycles. The molecule has 0 heterocycles. The molecule has 0 spiro atoms. The van der Waals surface area contributed by atoms with E-state index in [4.69, 9.17) is 14.7 Å². The minimum Gasteiger partial charge on any atom is -0.451 e. The molecule has 2 atom stereocenters. The smallest absolute Gasteiger partial charge is 0.339 e. The van der Waals surface area contributed by atoms with Crippen LogP contribution in [0.15, 0.2) is 144 Å². The van der Waals surface area contributed by atoms with Gasteiger partial charge in [0.2, 0.25) is 0 Å². The molecule has 0 amide bonds. The topological polar surface area (TPSA) is 91.3 Å². The Kier molecular flexibility index (Phi) is 10.7. The standard InChI is InChI=1S/C38H34O7S/c1-37(32-19-11-5-12-20-32,26-28-15-7-3-8-16-28)42-35(39)30-23-31(25-34(24-30)46-45-44-41)36(40)43-38(2,33-21-13-6-14-22-33)27-29-17-9-4-10-18-29/h3-25,41H,26-27H2,1-2H3. The van der Waals surface area contributed by atoms with Crippen molar-refractivity contribution in [2.24, 2.45) is 0 Å². The van der Waals surface area contributed by atoms with Crippen molar-refractivity contribution in [1.29, 1.82) is 0 Å². The molecule has 0 saturated carbocycles. The quantitative estimate of drug-likeness (QED) is 0.0595. The fourth-order valence-electron chi connectivity index (χ4n) is 5.41.